The lowest BCUT2D eigenvalue weighted by molar-refractivity contribution is -0.150. The van der Waals surface area contributed by atoms with Crippen LogP contribution < -0.4 is 0 Å². The highest BCUT2D eigenvalue weighted by Gasteiger charge is 2.41. The summed E-state index contributed by atoms with van der Waals surface area (Å²) < 4.78 is 7.01. The number of hydrogen-bond donors (Lipinski definition) is 0. The summed E-state index contributed by atoms with van der Waals surface area (Å²) in [5, 5.41) is 0.556. The van der Waals surface area contributed by atoms with Crippen LogP contribution in [0.4, 0.5) is 4.79 Å². The summed E-state index contributed by atoms with van der Waals surface area (Å²) in [5.41, 5.74) is 1.94. The first-order valence-corrected chi connectivity index (χ1v) is 9.31. The average molecular weight is 372 g/mol. The van der Waals surface area contributed by atoms with Gasteiger partial charge >= 0.3 is 5.97 Å². The number of thioether (sulfide) groups is 1. The number of aromatic nitrogens is 1. The maximum atomic E-state index is 12.7. The number of fused-ring (bicyclic) bond motifs is 1. The van der Waals surface area contributed by atoms with Crippen molar-refractivity contribution in [3.8, 4) is 0 Å². The van der Waals surface area contributed by atoms with Crippen molar-refractivity contribution >= 4 is 45.9 Å². The molecule has 1 aromatic heterocycles. The second-order valence-electron chi connectivity index (χ2n) is 5.87. The van der Waals surface area contributed by atoms with Gasteiger partial charge in [-0.25, -0.2) is 4.79 Å². The standard InChI is InChI=1S/C19H20N2O4S/c1-4-20-11-13(14-8-6-7-9-15(14)20)10-16-17(22)21(19(24)26-16)12(3)18(23)25-5-2/h6-12H,4-5H2,1-3H3/b16-10-/t12-/m1/s1. The Morgan fingerprint density at radius 1 is 1.27 bits per heavy atom. The van der Waals surface area contributed by atoms with Gasteiger partial charge in [-0.3, -0.25) is 14.5 Å². The Morgan fingerprint density at radius 2 is 2.00 bits per heavy atom. The molecular weight excluding hydrogens is 352 g/mol. The van der Waals surface area contributed by atoms with E-state index in [4.69, 9.17) is 4.74 Å². The second-order valence-corrected chi connectivity index (χ2v) is 6.86. The van der Waals surface area contributed by atoms with E-state index in [1.54, 1.807) is 13.0 Å². The number of carbonyl (C=O) groups is 3. The van der Waals surface area contributed by atoms with Gasteiger partial charge in [0.05, 0.1) is 11.5 Å². The fraction of sp³-hybridized carbons (Fsp3) is 0.316. The zero-order chi connectivity index (χ0) is 18.8. The van der Waals surface area contributed by atoms with E-state index < -0.39 is 23.2 Å². The summed E-state index contributed by atoms with van der Waals surface area (Å²) in [6.07, 6.45) is 3.69. The summed E-state index contributed by atoms with van der Waals surface area (Å²) in [4.78, 5) is 38.1. The van der Waals surface area contributed by atoms with Crippen LogP contribution in [0.2, 0.25) is 0 Å². The van der Waals surface area contributed by atoms with Gasteiger partial charge in [0.25, 0.3) is 11.1 Å². The molecule has 1 aliphatic rings. The zero-order valence-corrected chi connectivity index (χ0v) is 15.7. The molecule has 1 saturated heterocycles. The van der Waals surface area contributed by atoms with Crippen LogP contribution in [0.1, 0.15) is 26.3 Å². The molecule has 2 heterocycles. The number of aryl methyl sites for hydroxylation is 1. The fourth-order valence-corrected chi connectivity index (χ4v) is 3.87. The Bertz CT molecular complexity index is 915. The Morgan fingerprint density at radius 3 is 2.69 bits per heavy atom. The maximum Gasteiger partial charge on any atom is 0.329 e. The number of amides is 2. The van der Waals surface area contributed by atoms with E-state index in [0.717, 1.165) is 39.7 Å². The number of esters is 1. The molecule has 0 bridgehead atoms. The molecule has 0 saturated carbocycles. The molecule has 6 nitrogen and oxygen atoms in total. The summed E-state index contributed by atoms with van der Waals surface area (Å²) in [6, 6.07) is 6.97. The van der Waals surface area contributed by atoms with Crippen molar-refractivity contribution in [3.05, 3.63) is 40.9 Å². The summed E-state index contributed by atoms with van der Waals surface area (Å²) in [6.45, 7) is 6.23. The van der Waals surface area contributed by atoms with Gasteiger partial charge < -0.3 is 9.30 Å². The van der Waals surface area contributed by atoms with Crippen LogP contribution in [0.15, 0.2) is 35.4 Å². The van der Waals surface area contributed by atoms with Crippen LogP contribution in [0, 0.1) is 0 Å². The summed E-state index contributed by atoms with van der Waals surface area (Å²) in [5.74, 6) is -1.05. The highest BCUT2D eigenvalue weighted by atomic mass is 32.2. The molecule has 0 unspecified atom stereocenters. The molecule has 1 aliphatic heterocycles. The Hall–Kier alpha value is -2.54. The van der Waals surface area contributed by atoms with Crippen molar-refractivity contribution < 1.29 is 19.1 Å². The predicted octanol–water partition coefficient (Wildman–Crippen LogP) is 3.65. The quantitative estimate of drug-likeness (QED) is 0.592. The third-order valence-electron chi connectivity index (χ3n) is 4.29. The summed E-state index contributed by atoms with van der Waals surface area (Å²) in [7, 11) is 0. The van der Waals surface area contributed by atoms with Crippen molar-refractivity contribution in [1.82, 2.24) is 9.47 Å². The van der Waals surface area contributed by atoms with Gasteiger partial charge in [0.15, 0.2) is 0 Å². The molecule has 7 heteroatoms. The highest BCUT2D eigenvalue weighted by molar-refractivity contribution is 8.18. The number of imide groups is 1. The monoisotopic (exact) mass is 372 g/mol. The molecule has 0 radical (unpaired) electrons. The molecule has 136 valence electrons. The SMILES string of the molecule is CCOC(=O)[C@@H](C)N1C(=O)S/C(=C\c2cn(CC)c3ccccc23)C1=O. The Balaban J connectivity index is 1.95. The minimum atomic E-state index is -0.940. The molecule has 26 heavy (non-hydrogen) atoms. The van der Waals surface area contributed by atoms with Crippen LogP contribution in [-0.4, -0.2) is 39.2 Å². The van der Waals surface area contributed by atoms with Gasteiger partial charge in [-0.15, -0.1) is 0 Å². The largest absolute Gasteiger partial charge is 0.464 e. The maximum absolute atomic E-state index is 12.7. The first-order valence-electron chi connectivity index (χ1n) is 8.49. The minimum absolute atomic E-state index is 0.200. The fourth-order valence-electron chi connectivity index (χ4n) is 2.98. The topological polar surface area (TPSA) is 68.6 Å². The normalized spacial score (nSPS) is 17.3. The number of nitrogens with zero attached hydrogens (tertiary/aromatic N) is 2. The van der Waals surface area contributed by atoms with E-state index in [9.17, 15) is 14.4 Å². The van der Waals surface area contributed by atoms with Crippen molar-refractivity contribution in [2.75, 3.05) is 6.61 Å². The molecule has 1 atom stereocenters. The van der Waals surface area contributed by atoms with Gasteiger partial charge in [-0.2, -0.15) is 0 Å². The van der Waals surface area contributed by atoms with E-state index in [1.807, 2.05) is 37.4 Å². The van der Waals surface area contributed by atoms with E-state index in [-0.39, 0.29) is 6.61 Å². The Labute approximate surface area is 155 Å². The molecule has 1 aromatic carbocycles. The van der Waals surface area contributed by atoms with Crippen LogP contribution in [0.25, 0.3) is 17.0 Å². The van der Waals surface area contributed by atoms with E-state index in [1.165, 1.54) is 6.92 Å². The number of carbonyl (C=O) groups excluding carboxylic acids is 3. The highest BCUT2D eigenvalue weighted by Crippen LogP contribution is 2.35. The lowest BCUT2D eigenvalue weighted by atomic mass is 10.1. The predicted molar refractivity (Wildman–Crippen MR) is 102 cm³/mol. The number of ether oxygens (including phenoxy) is 1. The number of benzene rings is 1. The van der Waals surface area contributed by atoms with Crippen molar-refractivity contribution in [3.63, 3.8) is 0 Å². The van der Waals surface area contributed by atoms with Crippen LogP contribution in [-0.2, 0) is 20.9 Å². The third-order valence-corrected chi connectivity index (χ3v) is 5.17. The van der Waals surface area contributed by atoms with Crippen molar-refractivity contribution in [1.29, 1.82) is 0 Å². The zero-order valence-electron chi connectivity index (χ0n) is 14.9. The van der Waals surface area contributed by atoms with E-state index >= 15 is 0 Å². The van der Waals surface area contributed by atoms with Crippen LogP contribution in [0.5, 0.6) is 0 Å². The first-order chi connectivity index (χ1) is 12.5. The number of rotatable bonds is 5. The van der Waals surface area contributed by atoms with Gasteiger partial charge in [0, 0.05) is 29.2 Å². The van der Waals surface area contributed by atoms with Gasteiger partial charge in [-0.05, 0) is 44.7 Å². The molecular formula is C19H20N2O4S. The lowest BCUT2D eigenvalue weighted by Gasteiger charge is -2.19. The van der Waals surface area contributed by atoms with Gasteiger partial charge in [-0.1, -0.05) is 18.2 Å². The third kappa shape index (κ3) is 3.14. The minimum Gasteiger partial charge on any atom is -0.464 e. The van der Waals surface area contributed by atoms with E-state index in [2.05, 4.69) is 4.57 Å². The Kier molecular flexibility index (Phi) is 5.18. The average Bonchev–Trinajstić information content (AvgIpc) is 3.12. The first kappa shape index (κ1) is 18.3. The molecule has 0 spiro atoms. The van der Waals surface area contributed by atoms with Gasteiger partial charge in [0.1, 0.15) is 6.04 Å². The van der Waals surface area contributed by atoms with E-state index in [0.29, 0.717) is 4.91 Å². The molecule has 1 fully saturated rings. The van der Waals surface area contributed by atoms with Crippen LogP contribution in [0.3, 0.4) is 0 Å². The number of para-hydroxylation sites is 1. The second kappa shape index (κ2) is 7.37. The summed E-state index contributed by atoms with van der Waals surface area (Å²) >= 11 is 0.847. The molecule has 0 N–H and O–H groups in total. The molecule has 2 aromatic rings. The van der Waals surface area contributed by atoms with Crippen molar-refractivity contribution in [2.45, 2.75) is 33.4 Å². The smallest absolute Gasteiger partial charge is 0.329 e. The number of hydrogen-bond acceptors (Lipinski definition) is 5. The molecule has 3 rings (SSSR count). The van der Waals surface area contributed by atoms with Gasteiger partial charge in [0.2, 0.25) is 0 Å². The van der Waals surface area contributed by atoms with Crippen molar-refractivity contribution in [2.24, 2.45) is 0 Å². The molecule has 0 aliphatic carbocycles. The lowest BCUT2D eigenvalue weighted by Crippen LogP contribution is -2.42. The van der Waals surface area contributed by atoms with Crippen LogP contribution >= 0.6 is 11.8 Å². The molecule has 2 amide bonds.